The number of carboxylic acids is 1. The Morgan fingerprint density at radius 1 is 1.19 bits per heavy atom. The lowest BCUT2D eigenvalue weighted by molar-refractivity contribution is -0.141. The normalized spacial score (nSPS) is 20.0. The molecular formula is C16H23N3O2. The molecule has 5 heteroatoms. The highest BCUT2D eigenvalue weighted by Crippen LogP contribution is 2.44. The number of aryl methyl sites for hydroxylation is 1. The number of carbonyl (C=O) groups is 1. The summed E-state index contributed by atoms with van der Waals surface area (Å²) in [5.74, 6) is 0.233. The molecule has 1 saturated carbocycles. The maximum atomic E-state index is 11.0. The number of hydrogen-bond donors (Lipinski definition) is 2. The van der Waals surface area contributed by atoms with Gasteiger partial charge in [-0.3, -0.25) is 4.79 Å². The lowest BCUT2D eigenvalue weighted by Gasteiger charge is -2.41. The topological polar surface area (TPSA) is 75.1 Å². The number of aromatic nitrogens is 2. The van der Waals surface area contributed by atoms with Crippen LogP contribution in [-0.2, 0) is 17.6 Å². The van der Waals surface area contributed by atoms with Crippen LogP contribution in [0.15, 0.2) is 6.33 Å². The number of anilines is 1. The molecule has 5 nitrogen and oxygen atoms in total. The second kappa shape index (κ2) is 6.00. The van der Waals surface area contributed by atoms with Gasteiger partial charge in [0.2, 0.25) is 0 Å². The smallest absolute Gasteiger partial charge is 0.303 e. The van der Waals surface area contributed by atoms with Crippen LogP contribution in [0.25, 0.3) is 0 Å². The first-order valence-electron chi connectivity index (χ1n) is 7.97. The van der Waals surface area contributed by atoms with Crippen LogP contribution < -0.4 is 5.32 Å². The number of carboxylic acid groups (broad SMARTS) is 1. The summed E-state index contributed by atoms with van der Waals surface area (Å²) in [6, 6.07) is 0. The number of nitrogens with zero attached hydrogens (tertiary/aromatic N) is 2. The Kier molecular flexibility index (Phi) is 4.08. The van der Waals surface area contributed by atoms with Gasteiger partial charge in [0, 0.05) is 17.8 Å². The Labute approximate surface area is 125 Å². The molecule has 0 bridgehead atoms. The van der Waals surface area contributed by atoms with Crippen LogP contribution in [0.4, 0.5) is 5.82 Å². The van der Waals surface area contributed by atoms with E-state index in [0.29, 0.717) is 6.54 Å². The molecule has 2 aliphatic rings. The van der Waals surface area contributed by atoms with Crippen molar-refractivity contribution < 1.29 is 9.90 Å². The summed E-state index contributed by atoms with van der Waals surface area (Å²) in [4.78, 5) is 19.9. The highest BCUT2D eigenvalue weighted by molar-refractivity contribution is 5.68. The van der Waals surface area contributed by atoms with E-state index >= 15 is 0 Å². The predicted octanol–water partition coefficient (Wildman–Crippen LogP) is 2.80. The molecule has 0 atom stereocenters. The average Bonchev–Trinajstić information content (AvgIpc) is 2.66. The van der Waals surface area contributed by atoms with Crippen molar-refractivity contribution in [2.24, 2.45) is 5.41 Å². The summed E-state index contributed by atoms with van der Waals surface area (Å²) in [6.45, 7) is 0.711. The lowest BCUT2D eigenvalue weighted by atomic mass is 9.66. The van der Waals surface area contributed by atoms with Gasteiger partial charge in [0.05, 0.1) is 6.42 Å². The minimum Gasteiger partial charge on any atom is -0.481 e. The molecule has 3 rings (SSSR count). The fourth-order valence-corrected chi connectivity index (χ4v) is 3.54. The second-order valence-electron chi connectivity index (χ2n) is 6.49. The summed E-state index contributed by atoms with van der Waals surface area (Å²) in [5, 5.41) is 12.5. The van der Waals surface area contributed by atoms with E-state index in [1.165, 1.54) is 30.5 Å². The Balaban J connectivity index is 1.72. The van der Waals surface area contributed by atoms with Gasteiger partial charge in [0.1, 0.15) is 12.1 Å². The Hall–Kier alpha value is -1.65. The van der Waals surface area contributed by atoms with E-state index in [1.807, 2.05) is 0 Å². The van der Waals surface area contributed by atoms with Crippen molar-refractivity contribution >= 4 is 11.8 Å². The SMILES string of the molecule is O=C(O)CC1(CNc2ncnc3c2CCCCC3)CCC1. The lowest BCUT2D eigenvalue weighted by Crippen LogP contribution is -2.38. The Morgan fingerprint density at radius 2 is 2.00 bits per heavy atom. The third-order valence-electron chi connectivity index (χ3n) is 4.95. The largest absolute Gasteiger partial charge is 0.481 e. The number of rotatable bonds is 5. The molecule has 1 heterocycles. The highest BCUT2D eigenvalue weighted by Gasteiger charge is 2.39. The van der Waals surface area contributed by atoms with Crippen LogP contribution in [0, 0.1) is 5.41 Å². The van der Waals surface area contributed by atoms with Crippen molar-refractivity contribution in [1.82, 2.24) is 9.97 Å². The van der Waals surface area contributed by atoms with E-state index in [-0.39, 0.29) is 11.8 Å². The standard InChI is InChI=1S/C16H23N3O2/c20-14(21)9-16(7-4-8-16)10-17-15-12-5-2-1-3-6-13(12)18-11-19-15/h11H,1-10H2,(H,20,21)(H,17,18,19). The molecule has 0 amide bonds. The maximum Gasteiger partial charge on any atom is 0.303 e. The van der Waals surface area contributed by atoms with Crippen molar-refractivity contribution in [3.63, 3.8) is 0 Å². The molecule has 0 aromatic carbocycles. The second-order valence-corrected chi connectivity index (χ2v) is 6.49. The summed E-state index contributed by atoms with van der Waals surface area (Å²) in [6.07, 6.45) is 10.7. The third kappa shape index (κ3) is 3.17. The molecule has 1 aromatic heterocycles. The molecule has 0 spiro atoms. The van der Waals surface area contributed by atoms with Crippen molar-refractivity contribution in [3.8, 4) is 0 Å². The molecule has 2 aliphatic carbocycles. The summed E-state index contributed by atoms with van der Waals surface area (Å²) in [7, 11) is 0. The zero-order valence-corrected chi connectivity index (χ0v) is 12.4. The number of nitrogens with one attached hydrogen (secondary N) is 1. The van der Waals surface area contributed by atoms with Gasteiger partial charge < -0.3 is 10.4 Å². The first kappa shape index (κ1) is 14.3. The van der Waals surface area contributed by atoms with Crippen molar-refractivity contribution in [3.05, 3.63) is 17.6 Å². The van der Waals surface area contributed by atoms with E-state index in [0.717, 1.165) is 37.9 Å². The first-order valence-corrected chi connectivity index (χ1v) is 7.97. The zero-order chi connectivity index (χ0) is 14.7. The molecule has 2 N–H and O–H groups in total. The fourth-order valence-electron chi connectivity index (χ4n) is 3.54. The molecule has 0 aliphatic heterocycles. The highest BCUT2D eigenvalue weighted by atomic mass is 16.4. The average molecular weight is 289 g/mol. The summed E-state index contributed by atoms with van der Waals surface area (Å²) >= 11 is 0. The molecular weight excluding hydrogens is 266 g/mol. The van der Waals surface area contributed by atoms with Gasteiger partial charge in [0.25, 0.3) is 0 Å². The summed E-state index contributed by atoms with van der Waals surface area (Å²) < 4.78 is 0. The van der Waals surface area contributed by atoms with Gasteiger partial charge in [-0.05, 0) is 43.9 Å². The Bertz CT molecular complexity index is 526. The first-order chi connectivity index (χ1) is 10.2. The zero-order valence-electron chi connectivity index (χ0n) is 12.4. The maximum absolute atomic E-state index is 11.0. The molecule has 1 fully saturated rings. The van der Waals surface area contributed by atoms with Gasteiger partial charge in [-0.1, -0.05) is 12.8 Å². The minimum atomic E-state index is -0.696. The molecule has 0 saturated heterocycles. The van der Waals surface area contributed by atoms with Gasteiger partial charge >= 0.3 is 5.97 Å². The number of fused-ring (bicyclic) bond motifs is 1. The van der Waals surface area contributed by atoms with Crippen LogP contribution >= 0.6 is 0 Å². The van der Waals surface area contributed by atoms with Gasteiger partial charge in [-0.2, -0.15) is 0 Å². The predicted molar refractivity (Wildman–Crippen MR) is 80.3 cm³/mol. The molecule has 0 radical (unpaired) electrons. The quantitative estimate of drug-likeness (QED) is 0.815. The molecule has 0 unspecified atom stereocenters. The van der Waals surface area contributed by atoms with Crippen molar-refractivity contribution in [2.75, 3.05) is 11.9 Å². The Morgan fingerprint density at radius 3 is 2.71 bits per heavy atom. The molecule has 1 aromatic rings. The van der Waals surface area contributed by atoms with Crippen LogP contribution in [0.1, 0.15) is 56.2 Å². The number of aliphatic carboxylic acids is 1. The van der Waals surface area contributed by atoms with Crippen molar-refractivity contribution in [2.45, 2.75) is 57.8 Å². The monoisotopic (exact) mass is 289 g/mol. The fraction of sp³-hybridized carbons (Fsp3) is 0.688. The van der Waals surface area contributed by atoms with Gasteiger partial charge in [0.15, 0.2) is 0 Å². The summed E-state index contributed by atoms with van der Waals surface area (Å²) in [5.41, 5.74) is 2.35. The van der Waals surface area contributed by atoms with Gasteiger partial charge in [-0.25, -0.2) is 9.97 Å². The van der Waals surface area contributed by atoms with E-state index < -0.39 is 5.97 Å². The molecule has 21 heavy (non-hydrogen) atoms. The number of hydrogen-bond acceptors (Lipinski definition) is 4. The van der Waals surface area contributed by atoms with E-state index in [1.54, 1.807) is 6.33 Å². The van der Waals surface area contributed by atoms with Crippen LogP contribution in [-0.4, -0.2) is 27.6 Å². The molecule has 114 valence electrons. The van der Waals surface area contributed by atoms with E-state index in [9.17, 15) is 4.79 Å². The van der Waals surface area contributed by atoms with Crippen LogP contribution in [0.2, 0.25) is 0 Å². The van der Waals surface area contributed by atoms with E-state index in [2.05, 4.69) is 15.3 Å². The van der Waals surface area contributed by atoms with Crippen LogP contribution in [0.3, 0.4) is 0 Å². The van der Waals surface area contributed by atoms with E-state index in [4.69, 9.17) is 5.11 Å². The van der Waals surface area contributed by atoms with Crippen LogP contribution in [0.5, 0.6) is 0 Å². The van der Waals surface area contributed by atoms with Crippen molar-refractivity contribution in [1.29, 1.82) is 0 Å². The van der Waals surface area contributed by atoms with Gasteiger partial charge in [-0.15, -0.1) is 0 Å². The minimum absolute atomic E-state index is 0.0750. The third-order valence-corrected chi connectivity index (χ3v) is 4.95.